The van der Waals surface area contributed by atoms with E-state index in [1.807, 2.05) is 0 Å². The second-order valence-electron chi connectivity index (χ2n) is 5.55. The molecule has 130 valence electrons. The standard InChI is InChI=1S/C18H21Cl2NO3/c1-2-23-18(22)14(10-13-8-9-15(19)11-17(13)20)12-24-21-16-6-4-3-5-7-16/h8-11H,2-7,12H2,1H3/b14-10-. The fourth-order valence-corrected chi connectivity index (χ4v) is 2.90. The van der Waals surface area contributed by atoms with Crippen molar-refractivity contribution in [2.75, 3.05) is 13.2 Å². The van der Waals surface area contributed by atoms with Crippen molar-refractivity contribution in [1.29, 1.82) is 0 Å². The molecule has 1 aliphatic rings. The lowest BCUT2D eigenvalue weighted by Crippen LogP contribution is -2.13. The van der Waals surface area contributed by atoms with E-state index in [2.05, 4.69) is 5.16 Å². The average Bonchev–Trinajstić information content (AvgIpc) is 2.57. The molecule has 24 heavy (non-hydrogen) atoms. The molecule has 1 aromatic carbocycles. The van der Waals surface area contributed by atoms with Crippen LogP contribution in [-0.4, -0.2) is 24.9 Å². The van der Waals surface area contributed by atoms with Crippen LogP contribution in [0.3, 0.4) is 0 Å². The van der Waals surface area contributed by atoms with Gasteiger partial charge in [-0.05, 0) is 56.4 Å². The Kier molecular flexibility index (Phi) is 7.60. The molecule has 6 heteroatoms. The highest BCUT2D eigenvalue weighted by Crippen LogP contribution is 2.23. The minimum absolute atomic E-state index is 0.0429. The summed E-state index contributed by atoms with van der Waals surface area (Å²) in [6.07, 6.45) is 7.09. The zero-order valence-corrected chi connectivity index (χ0v) is 15.2. The summed E-state index contributed by atoms with van der Waals surface area (Å²) in [6, 6.07) is 5.09. The molecule has 2 rings (SSSR count). The Morgan fingerprint density at radius 3 is 2.67 bits per heavy atom. The lowest BCUT2D eigenvalue weighted by atomic mass is 9.99. The van der Waals surface area contributed by atoms with E-state index in [0.717, 1.165) is 31.4 Å². The summed E-state index contributed by atoms with van der Waals surface area (Å²) in [6.45, 7) is 2.09. The molecule has 1 fully saturated rings. The van der Waals surface area contributed by atoms with Gasteiger partial charge in [-0.15, -0.1) is 0 Å². The molecule has 0 unspecified atom stereocenters. The zero-order chi connectivity index (χ0) is 17.4. The maximum atomic E-state index is 12.1. The molecular weight excluding hydrogens is 349 g/mol. The first-order chi connectivity index (χ1) is 11.6. The average molecular weight is 370 g/mol. The Morgan fingerprint density at radius 2 is 2.00 bits per heavy atom. The first-order valence-corrected chi connectivity index (χ1v) is 8.86. The molecule has 0 bridgehead atoms. The van der Waals surface area contributed by atoms with E-state index in [1.165, 1.54) is 6.42 Å². The first kappa shape index (κ1) is 18.8. The van der Waals surface area contributed by atoms with E-state index in [4.69, 9.17) is 32.8 Å². The van der Waals surface area contributed by atoms with Crippen molar-refractivity contribution in [1.82, 2.24) is 0 Å². The summed E-state index contributed by atoms with van der Waals surface area (Å²) in [5.41, 5.74) is 2.09. The van der Waals surface area contributed by atoms with Crippen LogP contribution in [0.1, 0.15) is 44.6 Å². The SMILES string of the molecule is CCOC(=O)/C(=C\c1ccc(Cl)cc1Cl)CON=C1CCCCC1. The number of ether oxygens (including phenoxy) is 1. The van der Waals surface area contributed by atoms with Gasteiger partial charge in [-0.25, -0.2) is 4.79 Å². The molecule has 1 aliphatic carbocycles. The lowest BCUT2D eigenvalue weighted by molar-refractivity contribution is -0.139. The van der Waals surface area contributed by atoms with E-state index < -0.39 is 5.97 Å². The van der Waals surface area contributed by atoms with Crippen LogP contribution in [-0.2, 0) is 14.4 Å². The van der Waals surface area contributed by atoms with Crippen LogP contribution in [0.2, 0.25) is 10.0 Å². The number of rotatable bonds is 6. The van der Waals surface area contributed by atoms with Crippen LogP contribution in [0.4, 0.5) is 0 Å². The number of benzene rings is 1. The van der Waals surface area contributed by atoms with Gasteiger partial charge in [-0.3, -0.25) is 0 Å². The van der Waals surface area contributed by atoms with Crippen molar-refractivity contribution in [2.45, 2.75) is 39.0 Å². The summed E-state index contributed by atoms with van der Waals surface area (Å²) in [7, 11) is 0. The van der Waals surface area contributed by atoms with Gasteiger partial charge in [0.25, 0.3) is 0 Å². The van der Waals surface area contributed by atoms with Crippen LogP contribution in [0.15, 0.2) is 28.9 Å². The van der Waals surface area contributed by atoms with Gasteiger partial charge < -0.3 is 9.57 Å². The topological polar surface area (TPSA) is 47.9 Å². The number of hydrogen-bond acceptors (Lipinski definition) is 4. The van der Waals surface area contributed by atoms with E-state index in [9.17, 15) is 4.79 Å². The van der Waals surface area contributed by atoms with Gasteiger partial charge in [-0.2, -0.15) is 0 Å². The number of carbonyl (C=O) groups is 1. The second-order valence-corrected chi connectivity index (χ2v) is 6.39. The highest BCUT2D eigenvalue weighted by atomic mass is 35.5. The minimum Gasteiger partial charge on any atom is -0.463 e. The van der Waals surface area contributed by atoms with Crippen molar-refractivity contribution in [3.8, 4) is 0 Å². The third-order valence-electron chi connectivity index (χ3n) is 3.67. The molecule has 0 aromatic heterocycles. The molecule has 0 saturated heterocycles. The van der Waals surface area contributed by atoms with Crippen molar-refractivity contribution in [2.24, 2.45) is 5.16 Å². The molecule has 0 atom stereocenters. The number of esters is 1. The highest BCUT2D eigenvalue weighted by Gasteiger charge is 2.14. The fourth-order valence-electron chi connectivity index (χ4n) is 2.43. The van der Waals surface area contributed by atoms with Crippen LogP contribution >= 0.6 is 23.2 Å². The number of oxime groups is 1. The Bertz CT molecular complexity index is 633. The van der Waals surface area contributed by atoms with Crippen LogP contribution < -0.4 is 0 Å². The lowest BCUT2D eigenvalue weighted by Gasteiger charge is -2.12. The number of halogens is 2. The van der Waals surface area contributed by atoms with Crippen molar-refractivity contribution in [3.63, 3.8) is 0 Å². The summed E-state index contributed by atoms with van der Waals surface area (Å²) < 4.78 is 5.08. The predicted molar refractivity (Wildman–Crippen MR) is 97.5 cm³/mol. The normalized spacial score (nSPS) is 15.1. The van der Waals surface area contributed by atoms with Crippen LogP contribution in [0.5, 0.6) is 0 Å². The predicted octanol–water partition coefficient (Wildman–Crippen LogP) is 5.28. The fraction of sp³-hybridized carbons (Fsp3) is 0.444. The summed E-state index contributed by atoms with van der Waals surface area (Å²) in [4.78, 5) is 17.5. The molecule has 0 heterocycles. The van der Waals surface area contributed by atoms with Crippen molar-refractivity contribution < 1.29 is 14.4 Å². The first-order valence-electron chi connectivity index (χ1n) is 8.10. The van der Waals surface area contributed by atoms with Gasteiger partial charge in [0.05, 0.1) is 17.9 Å². The Morgan fingerprint density at radius 1 is 1.25 bits per heavy atom. The van der Waals surface area contributed by atoms with Crippen LogP contribution in [0, 0.1) is 0 Å². The van der Waals surface area contributed by atoms with E-state index >= 15 is 0 Å². The minimum atomic E-state index is -0.438. The number of hydrogen-bond donors (Lipinski definition) is 0. The van der Waals surface area contributed by atoms with Crippen molar-refractivity contribution >= 4 is 41.0 Å². The number of nitrogens with zero attached hydrogens (tertiary/aromatic N) is 1. The molecule has 4 nitrogen and oxygen atoms in total. The number of carbonyl (C=O) groups excluding carboxylic acids is 1. The van der Waals surface area contributed by atoms with Gasteiger partial charge in [-0.1, -0.05) is 40.8 Å². The molecule has 0 radical (unpaired) electrons. The van der Waals surface area contributed by atoms with Gasteiger partial charge >= 0.3 is 5.97 Å². The molecule has 0 N–H and O–H groups in total. The molecule has 0 spiro atoms. The third kappa shape index (κ3) is 5.84. The maximum absolute atomic E-state index is 12.1. The monoisotopic (exact) mass is 369 g/mol. The Hall–Kier alpha value is -1.52. The summed E-state index contributed by atoms with van der Waals surface area (Å²) in [5.74, 6) is -0.438. The van der Waals surface area contributed by atoms with Gasteiger partial charge in [0, 0.05) is 10.0 Å². The third-order valence-corrected chi connectivity index (χ3v) is 4.24. The Balaban J connectivity index is 2.11. The quantitative estimate of drug-likeness (QED) is 0.389. The molecular formula is C18H21Cl2NO3. The van der Waals surface area contributed by atoms with E-state index in [0.29, 0.717) is 27.8 Å². The van der Waals surface area contributed by atoms with Gasteiger partial charge in [0.1, 0.15) is 6.61 Å². The zero-order valence-electron chi connectivity index (χ0n) is 13.7. The molecule has 0 aliphatic heterocycles. The summed E-state index contributed by atoms with van der Waals surface area (Å²) >= 11 is 12.1. The van der Waals surface area contributed by atoms with E-state index in [1.54, 1.807) is 31.2 Å². The van der Waals surface area contributed by atoms with Gasteiger partial charge in [0.15, 0.2) is 0 Å². The van der Waals surface area contributed by atoms with Crippen LogP contribution in [0.25, 0.3) is 6.08 Å². The van der Waals surface area contributed by atoms with Gasteiger partial charge in [0.2, 0.25) is 0 Å². The molecule has 0 amide bonds. The Labute approximate surface area is 152 Å². The smallest absolute Gasteiger partial charge is 0.337 e. The molecule has 1 saturated carbocycles. The van der Waals surface area contributed by atoms with Crippen molar-refractivity contribution in [3.05, 3.63) is 39.4 Å². The molecule has 1 aromatic rings. The highest BCUT2D eigenvalue weighted by molar-refractivity contribution is 6.35. The second kappa shape index (κ2) is 9.70. The maximum Gasteiger partial charge on any atom is 0.337 e. The summed E-state index contributed by atoms with van der Waals surface area (Å²) in [5, 5.41) is 5.16. The van der Waals surface area contributed by atoms with E-state index in [-0.39, 0.29) is 6.61 Å². The largest absolute Gasteiger partial charge is 0.463 e.